The van der Waals surface area contributed by atoms with Crippen molar-refractivity contribution >= 4 is 11.9 Å². The summed E-state index contributed by atoms with van der Waals surface area (Å²) in [5.74, 6) is 2.17. The van der Waals surface area contributed by atoms with E-state index in [9.17, 15) is 4.79 Å². The predicted octanol–water partition coefficient (Wildman–Crippen LogP) is 1.43. The Kier molecular flexibility index (Phi) is 9.01. The minimum absolute atomic E-state index is 0.0645. The number of hydrogen-bond donors (Lipinski definition) is 1. The number of aliphatic imine (C=N–C) groups is 1. The van der Waals surface area contributed by atoms with Gasteiger partial charge in [-0.3, -0.25) is 14.7 Å². The van der Waals surface area contributed by atoms with Gasteiger partial charge in [0.1, 0.15) is 5.76 Å². The zero-order valence-corrected chi connectivity index (χ0v) is 18.5. The first-order valence-electron chi connectivity index (χ1n) is 11.3. The largest absolute Gasteiger partial charge is 0.469 e. The van der Waals surface area contributed by atoms with Gasteiger partial charge in [-0.25, -0.2) is 0 Å². The molecule has 8 heteroatoms. The van der Waals surface area contributed by atoms with E-state index < -0.39 is 0 Å². The minimum Gasteiger partial charge on any atom is -0.469 e. The lowest BCUT2D eigenvalue weighted by atomic mass is 10.1. The maximum atomic E-state index is 12.9. The molecule has 168 valence electrons. The lowest BCUT2D eigenvalue weighted by Crippen LogP contribution is -2.56. The number of furan rings is 1. The molecule has 2 aliphatic heterocycles. The second-order valence-electron chi connectivity index (χ2n) is 7.96. The zero-order chi connectivity index (χ0) is 21.2. The monoisotopic (exact) mass is 419 g/mol. The van der Waals surface area contributed by atoms with Crippen LogP contribution in [0.1, 0.15) is 31.9 Å². The summed E-state index contributed by atoms with van der Waals surface area (Å²) in [5.41, 5.74) is 0. The Labute approximate surface area is 180 Å². The summed E-state index contributed by atoms with van der Waals surface area (Å²) in [6.07, 6.45) is 5.53. The Bertz CT molecular complexity index is 656. The molecule has 1 atom stereocenters. The number of guanidine groups is 1. The van der Waals surface area contributed by atoms with E-state index >= 15 is 0 Å². The molecule has 30 heavy (non-hydrogen) atoms. The van der Waals surface area contributed by atoms with Gasteiger partial charge >= 0.3 is 0 Å². The molecule has 1 aromatic heterocycles. The minimum atomic E-state index is 0.0645. The molecule has 8 nitrogen and oxygen atoms in total. The fraction of sp³-hybridized carbons (Fsp3) is 0.727. The number of amides is 1. The summed E-state index contributed by atoms with van der Waals surface area (Å²) in [6, 6.07) is 3.97. The van der Waals surface area contributed by atoms with Crippen molar-refractivity contribution in [1.29, 1.82) is 0 Å². The van der Waals surface area contributed by atoms with E-state index in [4.69, 9.17) is 14.1 Å². The molecule has 2 aliphatic rings. The van der Waals surface area contributed by atoms with Crippen LogP contribution in [-0.4, -0.2) is 98.7 Å². The van der Waals surface area contributed by atoms with Gasteiger partial charge in [0.2, 0.25) is 5.91 Å². The first-order valence-corrected chi connectivity index (χ1v) is 11.3. The molecular formula is C22H37N5O3. The zero-order valence-electron chi connectivity index (χ0n) is 18.5. The van der Waals surface area contributed by atoms with Crippen molar-refractivity contribution in [3.63, 3.8) is 0 Å². The molecule has 1 amide bonds. The van der Waals surface area contributed by atoms with E-state index in [-0.39, 0.29) is 11.9 Å². The van der Waals surface area contributed by atoms with Crippen LogP contribution in [0.5, 0.6) is 0 Å². The van der Waals surface area contributed by atoms with Crippen LogP contribution in [0.15, 0.2) is 27.8 Å². The van der Waals surface area contributed by atoms with Crippen LogP contribution in [0.2, 0.25) is 0 Å². The summed E-state index contributed by atoms with van der Waals surface area (Å²) in [5, 5.41) is 3.49. The summed E-state index contributed by atoms with van der Waals surface area (Å²) in [7, 11) is 2.06. The molecule has 0 spiro atoms. The molecule has 1 N–H and O–H groups in total. The number of hydrogen-bond acceptors (Lipinski definition) is 5. The fourth-order valence-corrected chi connectivity index (χ4v) is 4.09. The molecule has 0 radical (unpaired) electrons. The average Bonchev–Trinajstić information content (AvgIpc) is 3.43. The van der Waals surface area contributed by atoms with Crippen molar-refractivity contribution in [3.05, 3.63) is 24.2 Å². The standard InChI is InChI=1S/C22H37N5O3/c1-3-29-17-6-10-23-22(24-11-9-19-7-5-18-30-19)27-15-13-26(14-16-27)21(28)20-8-4-12-25(20)2/h5,7,18,20H,3-4,6,8-17H2,1-2H3,(H,23,24). The Balaban J connectivity index is 1.50. The Morgan fingerprint density at radius 3 is 2.73 bits per heavy atom. The highest BCUT2D eigenvalue weighted by Gasteiger charge is 2.33. The third kappa shape index (κ3) is 6.47. The number of nitrogens with zero attached hydrogens (tertiary/aromatic N) is 4. The van der Waals surface area contributed by atoms with Crippen molar-refractivity contribution in [1.82, 2.24) is 20.0 Å². The number of nitrogens with one attached hydrogen (secondary N) is 1. The quantitative estimate of drug-likeness (QED) is 0.371. The van der Waals surface area contributed by atoms with E-state index in [2.05, 4.69) is 22.2 Å². The summed E-state index contributed by atoms with van der Waals surface area (Å²) >= 11 is 0. The highest BCUT2D eigenvalue weighted by atomic mass is 16.5. The fourth-order valence-electron chi connectivity index (χ4n) is 4.09. The van der Waals surface area contributed by atoms with E-state index in [0.29, 0.717) is 0 Å². The highest BCUT2D eigenvalue weighted by molar-refractivity contribution is 5.83. The molecule has 0 aromatic carbocycles. The number of rotatable bonds is 9. The summed E-state index contributed by atoms with van der Waals surface area (Å²) in [4.78, 5) is 24.2. The van der Waals surface area contributed by atoms with Crippen LogP contribution in [0.3, 0.4) is 0 Å². The second-order valence-corrected chi connectivity index (χ2v) is 7.96. The smallest absolute Gasteiger partial charge is 0.240 e. The lowest BCUT2D eigenvalue weighted by Gasteiger charge is -2.38. The SMILES string of the molecule is CCOCCCN=C(NCCc1ccco1)N1CCN(C(=O)C2CCCN2C)CC1. The van der Waals surface area contributed by atoms with Crippen LogP contribution in [0.25, 0.3) is 0 Å². The van der Waals surface area contributed by atoms with Crippen molar-refractivity contribution < 1.29 is 13.9 Å². The molecule has 1 aromatic rings. The van der Waals surface area contributed by atoms with E-state index in [1.807, 2.05) is 24.0 Å². The molecular weight excluding hydrogens is 382 g/mol. The molecule has 3 heterocycles. The Hall–Kier alpha value is -2.06. The number of carbonyl (C=O) groups excluding carboxylic acids is 1. The Morgan fingerprint density at radius 2 is 2.07 bits per heavy atom. The van der Waals surface area contributed by atoms with E-state index in [1.165, 1.54) is 0 Å². The van der Waals surface area contributed by atoms with E-state index in [1.54, 1.807) is 6.26 Å². The highest BCUT2D eigenvalue weighted by Crippen LogP contribution is 2.18. The molecule has 2 saturated heterocycles. The van der Waals surface area contributed by atoms with Crippen LogP contribution >= 0.6 is 0 Å². The molecule has 0 saturated carbocycles. The van der Waals surface area contributed by atoms with E-state index in [0.717, 1.165) is 96.4 Å². The lowest BCUT2D eigenvalue weighted by molar-refractivity contribution is -0.136. The van der Waals surface area contributed by atoms with Crippen molar-refractivity contribution in [2.75, 3.05) is 66.1 Å². The summed E-state index contributed by atoms with van der Waals surface area (Å²) in [6.45, 7) is 9.12. The molecule has 0 aliphatic carbocycles. The maximum Gasteiger partial charge on any atom is 0.240 e. The van der Waals surface area contributed by atoms with Crippen LogP contribution in [0.4, 0.5) is 0 Å². The van der Waals surface area contributed by atoms with Gasteiger partial charge in [-0.2, -0.15) is 0 Å². The van der Waals surface area contributed by atoms with Gasteiger partial charge in [0.05, 0.1) is 12.3 Å². The van der Waals surface area contributed by atoms with Gasteiger partial charge in [-0.05, 0) is 51.9 Å². The number of piperazine rings is 1. The number of carbonyl (C=O) groups is 1. The van der Waals surface area contributed by atoms with Crippen LogP contribution in [0, 0.1) is 0 Å². The van der Waals surface area contributed by atoms with Crippen LogP contribution in [-0.2, 0) is 16.0 Å². The number of likely N-dealkylation sites (tertiary alicyclic amines) is 1. The number of likely N-dealkylation sites (N-methyl/N-ethyl adjacent to an activating group) is 1. The van der Waals surface area contributed by atoms with Gasteiger partial charge in [0, 0.05) is 58.9 Å². The van der Waals surface area contributed by atoms with Gasteiger partial charge in [0.15, 0.2) is 5.96 Å². The van der Waals surface area contributed by atoms with Gasteiger partial charge in [-0.1, -0.05) is 0 Å². The van der Waals surface area contributed by atoms with Gasteiger partial charge in [0.25, 0.3) is 0 Å². The molecule has 0 bridgehead atoms. The van der Waals surface area contributed by atoms with Gasteiger partial charge < -0.3 is 24.3 Å². The third-order valence-corrected chi connectivity index (χ3v) is 5.84. The van der Waals surface area contributed by atoms with Crippen LogP contribution < -0.4 is 5.32 Å². The topological polar surface area (TPSA) is 73.5 Å². The van der Waals surface area contributed by atoms with Crippen molar-refractivity contribution in [2.24, 2.45) is 4.99 Å². The van der Waals surface area contributed by atoms with Gasteiger partial charge in [-0.15, -0.1) is 0 Å². The third-order valence-electron chi connectivity index (χ3n) is 5.84. The molecule has 3 rings (SSSR count). The molecule has 2 fully saturated rings. The first-order chi connectivity index (χ1) is 14.7. The Morgan fingerprint density at radius 1 is 1.27 bits per heavy atom. The first kappa shape index (κ1) is 22.6. The average molecular weight is 420 g/mol. The van der Waals surface area contributed by atoms with Crippen molar-refractivity contribution in [3.8, 4) is 0 Å². The summed E-state index contributed by atoms with van der Waals surface area (Å²) < 4.78 is 10.9. The molecule has 1 unspecified atom stereocenters. The second kappa shape index (κ2) is 12.0. The maximum absolute atomic E-state index is 12.9. The van der Waals surface area contributed by atoms with Crippen molar-refractivity contribution in [2.45, 2.75) is 38.6 Å². The normalized spacial score (nSPS) is 20.7. The predicted molar refractivity (Wildman–Crippen MR) is 118 cm³/mol. The number of ether oxygens (including phenoxy) is 1.